The van der Waals surface area contributed by atoms with Crippen LogP contribution in [0.1, 0.15) is 37.7 Å². The zero-order valence-electron chi connectivity index (χ0n) is 12.0. The lowest BCUT2D eigenvalue weighted by atomic mass is 10.0. The van der Waals surface area contributed by atoms with Gasteiger partial charge in [-0.15, -0.1) is 0 Å². The van der Waals surface area contributed by atoms with Crippen LogP contribution in [0, 0.1) is 5.92 Å². The Hall–Kier alpha value is -1.35. The van der Waals surface area contributed by atoms with Gasteiger partial charge in [0.1, 0.15) is 0 Å². The van der Waals surface area contributed by atoms with Crippen LogP contribution in [0.25, 0.3) is 0 Å². The monoisotopic (exact) mass is 272 g/mol. The summed E-state index contributed by atoms with van der Waals surface area (Å²) in [6.45, 7) is 0.947. The first-order chi connectivity index (χ1) is 9.74. The zero-order valence-corrected chi connectivity index (χ0v) is 12.0. The van der Waals surface area contributed by atoms with Crippen molar-refractivity contribution in [3.63, 3.8) is 0 Å². The van der Waals surface area contributed by atoms with E-state index in [4.69, 9.17) is 5.73 Å². The van der Waals surface area contributed by atoms with Gasteiger partial charge in [-0.3, -0.25) is 4.79 Å². The molecule has 3 heteroatoms. The molecule has 1 aromatic rings. The van der Waals surface area contributed by atoms with E-state index in [-0.39, 0.29) is 11.9 Å². The molecule has 0 aromatic heterocycles. The topological polar surface area (TPSA) is 46.3 Å². The fourth-order valence-electron chi connectivity index (χ4n) is 2.69. The van der Waals surface area contributed by atoms with Crippen molar-refractivity contribution in [3.05, 3.63) is 35.9 Å². The third-order valence-electron chi connectivity index (χ3n) is 4.33. The van der Waals surface area contributed by atoms with E-state index in [1.165, 1.54) is 31.2 Å². The maximum absolute atomic E-state index is 12.5. The fourth-order valence-corrected chi connectivity index (χ4v) is 2.69. The molecule has 2 N–H and O–H groups in total. The Kier molecular flexibility index (Phi) is 4.06. The molecule has 1 atom stereocenters. The Morgan fingerprint density at radius 3 is 2.50 bits per heavy atom. The Labute approximate surface area is 121 Å². The third-order valence-corrected chi connectivity index (χ3v) is 4.33. The first kappa shape index (κ1) is 13.6. The Balaban J connectivity index is 1.52. The molecule has 1 aromatic carbocycles. The lowest BCUT2D eigenvalue weighted by Gasteiger charge is -2.25. The molecule has 0 spiro atoms. The molecule has 0 heterocycles. The van der Waals surface area contributed by atoms with Crippen LogP contribution in [-0.4, -0.2) is 29.4 Å². The van der Waals surface area contributed by atoms with E-state index in [9.17, 15) is 4.79 Å². The molecule has 20 heavy (non-hydrogen) atoms. The van der Waals surface area contributed by atoms with Crippen molar-refractivity contribution in [1.82, 2.24) is 4.90 Å². The Bertz CT molecular complexity index is 451. The van der Waals surface area contributed by atoms with Crippen LogP contribution < -0.4 is 5.73 Å². The molecule has 3 rings (SSSR count). The average molecular weight is 272 g/mol. The minimum absolute atomic E-state index is 0.176. The number of nitrogens with two attached hydrogens (primary N) is 1. The van der Waals surface area contributed by atoms with Gasteiger partial charge >= 0.3 is 0 Å². The van der Waals surface area contributed by atoms with Crippen molar-refractivity contribution in [1.29, 1.82) is 0 Å². The zero-order chi connectivity index (χ0) is 13.9. The largest absolute Gasteiger partial charge is 0.338 e. The maximum atomic E-state index is 12.5. The summed E-state index contributed by atoms with van der Waals surface area (Å²) < 4.78 is 0. The molecule has 108 valence electrons. The molecule has 0 saturated heterocycles. The number of nitrogens with zero attached hydrogens (tertiary/aromatic N) is 1. The van der Waals surface area contributed by atoms with Crippen LogP contribution >= 0.6 is 0 Å². The minimum atomic E-state index is -0.338. The third kappa shape index (κ3) is 3.60. The smallest absolute Gasteiger partial charge is 0.239 e. The lowest BCUT2D eigenvalue weighted by Crippen LogP contribution is -2.46. The SMILES string of the molecule is N[C@@H](CCc1ccccc1)C(=O)N(CC1CC1)C1CC1. The van der Waals surface area contributed by atoms with Crippen LogP contribution in [0.2, 0.25) is 0 Å². The molecule has 1 amide bonds. The van der Waals surface area contributed by atoms with Gasteiger partial charge in [-0.25, -0.2) is 0 Å². The number of carbonyl (C=O) groups excluding carboxylic acids is 1. The van der Waals surface area contributed by atoms with Crippen molar-refractivity contribution < 1.29 is 4.79 Å². The highest BCUT2D eigenvalue weighted by molar-refractivity contribution is 5.82. The van der Waals surface area contributed by atoms with E-state index < -0.39 is 0 Å². The van der Waals surface area contributed by atoms with Crippen LogP contribution in [0.5, 0.6) is 0 Å². The first-order valence-corrected chi connectivity index (χ1v) is 7.84. The predicted molar refractivity (Wildman–Crippen MR) is 80.2 cm³/mol. The number of rotatable bonds is 7. The van der Waals surface area contributed by atoms with Crippen LogP contribution in [-0.2, 0) is 11.2 Å². The van der Waals surface area contributed by atoms with Crippen molar-refractivity contribution in [2.45, 2.75) is 50.6 Å². The van der Waals surface area contributed by atoms with Gasteiger partial charge in [0, 0.05) is 12.6 Å². The number of hydrogen-bond acceptors (Lipinski definition) is 2. The van der Waals surface area contributed by atoms with Crippen molar-refractivity contribution in [3.8, 4) is 0 Å². The summed E-state index contributed by atoms with van der Waals surface area (Å²) in [4.78, 5) is 14.6. The molecule has 0 unspecified atom stereocenters. The van der Waals surface area contributed by atoms with Gasteiger partial charge in [-0.05, 0) is 50.0 Å². The standard InChI is InChI=1S/C17H24N2O/c18-16(11-8-13-4-2-1-3-5-13)17(20)19(15-9-10-15)12-14-6-7-14/h1-5,14-16H,6-12,18H2/t16-/m0/s1. The number of hydrogen-bond donors (Lipinski definition) is 1. The summed E-state index contributed by atoms with van der Waals surface area (Å²) in [7, 11) is 0. The average Bonchev–Trinajstić information content (AvgIpc) is 3.36. The molecular weight excluding hydrogens is 248 g/mol. The highest BCUT2D eigenvalue weighted by Gasteiger charge is 2.37. The van der Waals surface area contributed by atoms with Crippen molar-refractivity contribution >= 4 is 5.91 Å². The number of carbonyl (C=O) groups is 1. The fraction of sp³-hybridized carbons (Fsp3) is 0.588. The lowest BCUT2D eigenvalue weighted by molar-refractivity contribution is -0.133. The summed E-state index contributed by atoms with van der Waals surface area (Å²) in [6.07, 6.45) is 6.55. The van der Waals surface area contributed by atoms with E-state index in [0.29, 0.717) is 6.04 Å². The molecule has 3 nitrogen and oxygen atoms in total. The van der Waals surface area contributed by atoms with Gasteiger partial charge in [0.15, 0.2) is 0 Å². The second kappa shape index (κ2) is 5.96. The summed E-state index contributed by atoms with van der Waals surface area (Å²) in [5, 5.41) is 0. The van der Waals surface area contributed by atoms with Crippen LogP contribution in [0.15, 0.2) is 30.3 Å². The minimum Gasteiger partial charge on any atom is -0.338 e. The molecule has 0 aliphatic heterocycles. The van der Waals surface area contributed by atoms with E-state index in [2.05, 4.69) is 17.0 Å². The number of benzene rings is 1. The summed E-state index contributed by atoms with van der Waals surface area (Å²) in [6, 6.07) is 10.4. The first-order valence-electron chi connectivity index (χ1n) is 7.84. The number of amides is 1. The van der Waals surface area contributed by atoms with Gasteiger partial charge in [0.2, 0.25) is 5.91 Å². The van der Waals surface area contributed by atoms with E-state index in [0.717, 1.165) is 25.3 Å². The van der Waals surface area contributed by atoms with E-state index >= 15 is 0 Å². The van der Waals surface area contributed by atoms with Crippen molar-refractivity contribution in [2.24, 2.45) is 11.7 Å². The van der Waals surface area contributed by atoms with Crippen molar-refractivity contribution in [2.75, 3.05) is 6.54 Å². The normalized spacial score (nSPS) is 19.6. The van der Waals surface area contributed by atoms with Gasteiger partial charge in [0.05, 0.1) is 6.04 Å². The molecule has 2 saturated carbocycles. The quantitative estimate of drug-likeness (QED) is 0.828. The summed E-state index contributed by atoms with van der Waals surface area (Å²) in [5.41, 5.74) is 7.40. The second-order valence-corrected chi connectivity index (χ2v) is 6.30. The Morgan fingerprint density at radius 1 is 1.20 bits per heavy atom. The maximum Gasteiger partial charge on any atom is 0.239 e. The summed E-state index contributed by atoms with van der Waals surface area (Å²) >= 11 is 0. The molecule has 2 aliphatic carbocycles. The predicted octanol–water partition coefficient (Wildman–Crippen LogP) is 2.35. The van der Waals surface area contributed by atoms with Gasteiger partial charge in [-0.1, -0.05) is 30.3 Å². The van der Waals surface area contributed by atoms with Gasteiger partial charge in [0.25, 0.3) is 0 Å². The van der Waals surface area contributed by atoms with Gasteiger partial charge in [-0.2, -0.15) is 0 Å². The summed E-state index contributed by atoms with van der Waals surface area (Å²) in [5.74, 6) is 0.927. The van der Waals surface area contributed by atoms with Crippen LogP contribution in [0.3, 0.4) is 0 Å². The molecule has 2 aliphatic rings. The highest BCUT2D eigenvalue weighted by Crippen LogP contribution is 2.35. The molecule has 0 bridgehead atoms. The van der Waals surface area contributed by atoms with Crippen LogP contribution in [0.4, 0.5) is 0 Å². The Morgan fingerprint density at radius 2 is 1.90 bits per heavy atom. The molecular formula is C17H24N2O. The van der Waals surface area contributed by atoms with E-state index in [1.54, 1.807) is 0 Å². The molecule has 2 fully saturated rings. The number of aryl methyl sites for hydroxylation is 1. The molecule has 0 radical (unpaired) electrons. The highest BCUT2D eigenvalue weighted by atomic mass is 16.2. The van der Waals surface area contributed by atoms with E-state index in [1.807, 2.05) is 18.2 Å². The van der Waals surface area contributed by atoms with Gasteiger partial charge < -0.3 is 10.6 Å². The second-order valence-electron chi connectivity index (χ2n) is 6.30.